The molecule has 0 heterocycles. The van der Waals surface area contributed by atoms with Gasteiger partial charge in [0, 0.05) is 5.56 Å². The number of primary amides is 1. The fraction of sp³-hybridized carbons (Fsp3) is 0. The fourth-order valence-electron chi connectivity index (χ4n) is 0.787. The van der Waals surface area contributed by atoms with Gasteiger partial charge < -0.3 is 5.73 Å². The summed E-state index contributed by atoms with van der Waals surface area (Å²) in [5, 5.41) is 0. The quantitative estimate of drug-likeness (QED) is 0.653. The summed E-state index contributed by atoms with van der Waals surface area (Å²) in [6.07, 6.45) is 1.63. The minimum absolute atomic E-state index is 0.208. The van der Waals surface area contributed by atoms with Crippen LogP contribution in [0.3, 0.4) is 0 Å². The molecule has 0 saturated heterocycles. The van der Waals surface area contributed by atoms with Crippen molar-refractivity contribution in [2.24, 2.45) is 5.73 Å². The highest BCUT2D eigenvalue weighted by molar-refractivity contribution is 6.00. The third-order valence-electron chi connectivity index (χ3n) is 1.30. The Morgan fingerprint density at radius 1 is 1.36 bits per heavy atom. The molecule has 2 N–H and O–H groups in total. The molecule has 0 spiro atoms. The van der Waals surface area contributed by atoms with Crippen LogP contribution in [0.2, 0.25) is 0 Å². The molecule has 1 rings (SSSR count). The lowest BCUT2D eigenvalue weighted by atomic mass is 10.1. The van der Waals surface area contributed by atoms with E-state index >= 15 is 0 Å². The van der Waals surface area contributed by atoms with Gasteiger partial charge in [-0.25, -0.2) is 0 Å². The van der Waals surface area contributed by atoms with Crippen LogP contribution in [0.5, 0.6) is 0 Å². The molecule has 55 valence electrons. The van der Waals surface area contributed by atoms with Gasteiger partial charge in [-0.1, -0.05) is 18.2 Å². The van der Waals surface area contributed by atoms with Crippen molar-refractivity contribution in [3.63, 3.8) is 0 Å². The molecule has 3 heteroatoms. The maximum atomic E-state index is 10.6. The Kier molecular flexibility index (Phi) is 2.01. The van der Waals surface area contributed by atoms with E-state index in [1.165, 1.54) is 12.1 Å². The van der Waals surface area contributed by atoms with E-state index in [0.29, 0.717) is 0 Å². The van der Waals surface area contributed by atoms with Gasteiger partial charge in [0.25, 0.3) is 0 Å². The van der Waals surface area contributed by atoms with E-state index in [4.69, 9.17) is 5.73 Å². The minimum Gasteiger partial charge on any atom is -0.366 e. The average molecular weight is 148 g/mol. The first-order chi connectivity index (χ1) is 5.25. The molecule has 0 aliphatic carbocycles. The van der Waals surface area contributed by atoms with Crippen molar-refractivity contribution >= 4 is 12.2 Å². The third kappa shape index (κ3) is 1.43. The van der Waals surface area contributed by atoms with Gasteiger partial charge in [0.1, 0.15) is 0 Å². The number of amides is 1. The van der Waals surface area contributed by atoms with Crippen molar-refractivity contribution in [3.8, 4) is 0 Å². The molecule has 1 aromatic rings. The number of carbonyl (C=O) groups is 1. The molecule has 1 radical (unpaired) electrons. The Bertz CT molecular complexity index is 294. The summed E-state index contributed by atoms with van der Waals surface area (Å²) in [6, 6.07) is 6.27. The van der Waals surface area contributed by atoms with Gasteiger partial charge in [0.15, 0.2) is 0 Å². The standard InChI is InChI=1S/C8H6NO2/c9-8(11)7-4-2-1-3-6(7)5-10/h1-4H,(H2,9,11). The fourth-order valence-corrected chi connectivity index (χ4v) is 0.787. The number of hydrogen-bond donors (Lipinski definition) is 1. The van der Waals surface area contributed by atoms with Crippen LogP contribution in [0.15, 0.2) is 24.3 Å². The summed E-state index contributed by atoms with van der Waals surface area (Å²) in [5.74, 6) is -0.607. The second-order valence-corrected chi connectivity index (χ2v) is 2.01. The van der Waals surface area contributed by atoms with Crippen LogP contribution < -0.4 is 5.73 Å². The van der Waals surface area contributed by atoms with Crippen LogP contribution in [0.25, 0.3) is 0 Å². The van der Waals surface area contributed by atoms with E-state index in [0.717, 1.165) is 0 Å². The zero-order valence-corrected chi connectivity index (χ0v) is 5.70. The predicted molar refractivity (Wildman–Crippen MR) is 39.8 cm³/mol. The Hall–Kier alpha value is -1.64. The van der Waals surface area contributed by atoms with Crippen molar-refractivity contribution in [1.29, 1.82) is 0 Å². The number of nitrogens with two attached hydrogens (primary N) is 1. The number of rotatable bonds is 2. The van der Waals surface area contributed by atoms with Gasteiger partial charge in [0.05, 0.1) is 5.56 Å². The van der Waals surface area contributed by atoms with Gasteiger partial charge in [-0.2, -0.15) is 0 Å². The average Bonchev–Trinajstić information content (AvgIpc) is 2.04. The van der Waals surface area contributed by atoms with Gasteiger partial charge in [-0.05, 0) is 6.07 Å². The highest BCUT2D eigenvalue weighted by Crippen LogP contribution is 2.03. The largest absolute Gasteiger partial charge is 0.366 e. The Labute approximate surface area is 63.8 Å². The van der Waals surface area contributed by atoms with Crippen LogP contribution in [-0.4, -0.2) is 12.2 Å². The van der Waals surface area contributed by atoms with E-state index in [9.17, 15) is 9.59 Å². The van der Waals surface area contributed by atoms with Crippen molar-refractivity contribution in [2.75, 3.05) is 0 Å². The molecule has 0 aliphatic rings. The van der Waals surface area contributed by atoms with Gasteiger partial charge >= 0.3 is 0 Å². The Balaban J connectivity index is 3.22. The van der Waals surface area contributed by atoms with E-state index in [-0.39, 0.29) is 11.1 Å². The second-order valence-electron chi connectivity index (χ2n) is 2.01. The van der Waals surface area contributed by atoms with Crippen molar-refractivity contribution in [2.45, 2.75) is 0 Å². The molecule has 1 aromatic carbocycles. The van der Waals surface area contributed by atoms with Crippen LogP contribution in [-0.2, 0) is 4.79 Å². The zero-order valence-electron chi connectivity index (χ0n) is 5.70. The van der Waals surface area contributed by atoms with Gasteiger partial charge in [0.2, 0.25) is 12.2 Å². The van der Waals surface area contributed by atoms with E-state index in [1.54, 1.807) is 18.4 Å². The number of carbonyl (C=O) groups excluding carboxylic acids is 2. The molecule has 3 nitrogen and oxygen atoms in total. The summed E-state index contributed by atoms with van der Waals surface area (Å²) < 4.78 is 0. The lowest BCUT2D eigenvalue weighted by Crippen LogP contribution is -2.13. The van der Waals surface area contributed by atoms with Crippen LogP contribution in [0, 0.1) is 0 Å². The monoisotopic (exact) mass is 148 g/mol. The van der Waals surface area contributed by atoms with E-state index < -0.39 is 5.91 Å². The summed E-state index contributed by atoms with van der Waals surface area (Å²) in [6.45, 7) is 0. The molecular weight excluding hydrogens is 142 g/mol. The first kappa shape index (κ1) is 7.47. The van der Waals surface area contributed by atoms with Crippen LogP contribution >= 0.6 is 0 Å². The zero-order chi connectivity index (χ0) is 8.27. The molecule has 1 amide bonds. The first-order valence-corrected chi connectivity index (χ1v) is 3.02. The molecule has 0 aromatic heterocycles. The number of hydrogen-bond acceptors (Lipinski definition) is 2. The minimum atomic E-state index is -0.607. The van der Waals surface area contributed by atoms with E-state index in [2.05, 4.69) is 0 Å². The van der Waals surface area contributed by atoms with Crippen molar-refractivity contribution in [1.82, 2.24) is 0 Å². The summed E-state index contributed by atoms with van der Waals surface area (Å²) in [5.41, 5.74) is 5.39. The van der Waals surface area contributed by atoms with Crippen LogP contribution in [0.1, 0.15) is 15.9 Å². The highest BCUT2D eigenvalue weighted by Gasteiger charge is 2.05. The summed E-state index contributed by atoms with van der Waals surface area (Å²) >= 11 is 0. The molecule has 0 atom stereocenters. The maximum Gasteiger partial charge on any atom is 0.249 e. The summed E-state index contributed by atoms with van der Waals surface area (Å²) in [7, 11) is 0. The molecule has 11 heavy (non-hydrogen) atoms. The molecule has 0 fully saturated rings. The van der Waals surface area contributed by atoms with E-state index in [1.807, 2.05) is 0 Å². The smallest absolute Gasteiger partial charge is 0.249 e. The van der Waals surface area contributed by atoms with Gasteiger partial charge in [-0.3, -0.25) is 9.59 Å². The number of benzene rings is 1. The predicted octanol–water partition coefficient (Wildman–Crippen LogP) is 0.243. The molecular formula is C8H6NO2. The SMILES string of the molecule is NC(=O)c1ccccc1[C]=O. The first-order valence-electron chi connectivity index (χ1n) is 3.02. The molecule has 0 aliphatic heterocycles. The Morgan fingerprint density at radius 2 is 2.00 bits per heavy atom. The lowest BCUT2D eigenvalue weighted by Gasteiger charge is -1.95. The normalized spacial score (nSPS) is 9.09. The highest BCUT2D eigenvalue weighted by atomic mass is 16.1. The summed E-state index contributed by atoms with van der Waals surface area (Å²) in [4.78, 5) is 20.8. The van der Waals surface area contributed by atoms with Crippen molar-refractivity contribution in [3.05, 3.63) is 35.4 Å². The topological polar surface area (TPSA) is 60.2 Å². The maximum absolute atomic E-state index is 10.6. The second kappa shape index (κ2) is 2.96. The molecule has 0 unspecified atom stereocenters. The van der Waals surface area contributed by atoms with Crippen molar-refractivity contribution < 1.29 is 9.59 Å². The lowest BCUT2D eigenvalue weighted by molar-refractivity contribution is 0.1000. The Morgan fingerprint density at radius 3 is 2.45 bits per heavy atom. The molecule has 0 bridgehead atoms. The van der Waals surface area contributed by atoms with Gasteiger partial charge in [-0.15, -0.1) is 0 Å². The third-order valence-corrected chi connectivity index (χ3v) is 1.30. The van der Waals surface area contributed by atoms with Crippen LogP contribution in [0.4, 0.5) is 0 Å². The molecule has 0 saturated carbocycles.